The number of aliphatic hydroxyl groups is 2. The molecule has 2 saturated heterocycles. The summed E-state index contributed by atoms with van der Waals surface area (Å²) < 4.78 is 9.32. The average Bonchev–Trinajstić information content (AvgIpc) is 4.03. The molecule has 2 fully saturated rings. The van der Waals surface area contributed by atoms with Crippen molar-refractivity contribution in [2.75, 3.05) is 27.3 Å². The van der Waals surface area contributed by atoms with E-state index in [1.165, 1.54) is 28.1 Å². The number of hydrogen-bond acceptors (Lipinski definition) is 10. The number of ether oxygens (including phenoxy) is 2. The summed E-state index contributed by atoms with van der Waals surface area (Å²) in [5.74, 6) is 0.456. The van der Waals surface area contributed by atoms with E-state index in [0.29, 0.717) is 37.6 Å². The van der Waals surface area contributed by atoms with Crippen LogP contribution >= 0.6 is 0 Å². The summed E-state index contributed by atoms with van der Waals surface area (Å²) in [4.78, 5) is 70.6. The number of nitrogens with one attached hydrogen (secondary N) is 4. The molecule has 16 heteroatoms. The zero-order valence-electron chi connectivity index (χ0n) is 31.6. The summed E-state index contributed by atoms with van der Waals surface area (Å²) in [6.45, 7) is 3.84. The second-order valence-corrected chi connectivity index (χ2v) is 14.4. The van der Waals surface area contributed by atoms with E-state index < -0.39 is 48.3 Å². The Morgan fingerprint density at radius 2 is 1.32 bits per heavy atom. The quantitative estimate of drug-likeness (QED) is 0.118. The number of carbonyl (C=O) groups excluding carboxylic acids is 4. The first-order chi connectivity index (χ1) is 27.0. The highest BCUT2D eigenvalue weighted by atomic mass is 16.5. The largest absolute Gasteiger partial charge is 0.453 e. The lowest BCUT2D eigenvalue weighted by Gasteiger charge is -2.29. The molecule has 56 heavy (non-hydrogen) atoms. The number of benzene rings is 3. The zero-order valence-corrected chi connectivity index (χ0v) is 31.6. The number of amides is 4. The number of rotatable bonds is 10. The maximum Gasteiger partial charge on any atom is 0.407 e. The first-order valence-corrected chi connectivity index (χ1v) is 18.7. The second kappa shape index (κ2) is 16.0. The molecule has 4 amide bonds. The predicted molar refractivity (Wildman–Crippen MR) is 206 cm³/mol. The number of imidazole rings is 2. The van der Waals surface area contributed by atoms with Crippen LogP contribution in [-0.2, 0) is 19.1 Å². The third kappa shape index (κ3) is 7.49. The van der Waals surface area contributed by atoms with Gasteiger partial charge in [-0.25, -0.2) is 19.6 Å². The van der Waals surface area contributed by atoms with Crippen molar-refractivity contribution in [2.45, 2.75) is 75.9 Å². The molecule has 0 saturated carbocycles. The molecule has 0 bridgehead atoms. The van der Waals surface area contributed by atoms with Crippen molar-refractivity contribution in [3.63, 3.8) is 0 Å². The molecule has 16 nitrogen and oxygen atoms in total. The third-order valence-electron chi connectivity index (χ3n) is 10.7. The van der Waals surface area contributed by atoms with Crippen LogP contribution < -0.4 is 10.6 Å². The Labute approximate surface area is 322 Å². The van der Waals surface area contributed by atoms with Gasteiger partial charge < -0.3 is 50.1 Å². The van der Waals surface area contributed by atoms with E-state index in [0.717, 1.165) is 57.0 Å². The fourth-order valence-electron chi connectivity index (χ4n) is 7.81. The number of aromatic nitrogens is 4. The van der Waals surface area contributed by atoms with Crippen molar-refractivity contribution in [3.8, 4) is 22.4 Å². The molecule has 7 rings (SSSR count). The normalized spacial score (nSPS) is 19.1. The van der Waals surface area contributed by atoms with Gasteiger partial charge in [0.05, 0.1) is 61.4 Å². The second-order valence-electron chi connectivity index (χ2n) is 14.4. The van der Waals surface area contributed by atoms with E-state index in [2.05, 4.69) is 53.3 Å². The maximum atomic E-state index is 13.6. The van der Waals surface area contributed by atoms with E-state index in [-0.39, 0.29) is 12.1 Å². The van der Waals surface area contributed by atoms with Crippen LogP contribution in [0.15, 0.2) is 60.8 Å². The van der Waals surface area contributed by atoms with Crippen molar-refractivity contribution in [2.24, 2.45) is 0 Å². The molecular formula is C40H46N8O8. The molecule has 5 aromatic rings. The Morgan fingerprint density at radius 3 is 1.89 bits per heavy atom. The molecule has 0 aliphatic carbocycles. The smallest absolute Gasteiger partial charge is 0.407 e. The zero-order chi connectivity index (χ0) is 39.7. The van der Waals surface area contributed by atoms with Crippen LogP contribution in [0.25, 0.3) is 44.2 Å². The van der Waals surface area contributed by atoms with E-state index in [9.17, 15) is 29.4 Å². The first kappa shape index (κ1) is 38.3. The minimum atomic E-state index is -1.16. The van der Waals surface area contributed by atoms with Crippen LogP contribution in [0.2, 0.25) is 0 Å². The Morgan fingerprint density at radius 1 is 0.768 bits per heavy atom. The highest BCUT2D eigenvalue weighted by molar-refractivity contribution is 5.97. The minimum Gasteiger partial charge on any atom is -0.453 e. The van der Waals surface area contributed by atoms with Crippen molar-refractivity contribution >= 4 is 45.8 Å². The van der Waals surface area contributed by atoms with Crippen molar-refractivity contribution in [3.05, 3.63) is 72.4 Å². The van der Waals surface area contributed by atoms with Gasteiger partial charge in [-0.05, 0) is 74.1 Å². The molecule has 4 heterocycles. The standard InChI is InChI=1S/C40H46N8O8/c1-21(49)32(45-39(53)55-3)37(51)47-16-6-10-30(47)35-41-20-29(43-35)26-15-13-23-18-25(14-12-24(23)19-26)27-8-5-9-28-34(27)44-36(42-28)31-11-7-17-48(31)38(52)33(22(2)50)46-40(54)56-4/h5,8-9,12-15,18-22,30-33,49-50H,6-7,10-11,16-17H2,1-4H3,(H,41,43)(H,42,44)(H,45,53)(H,46,54)/t21-,22-,30+,31?,32+,33+/m1/s1. The van der Waals surface area contributed by atoms with Crippen molar-refractivity contribution < 1.29 is 38.9 Å². The van der Waals surface area contributed by atoms with Crippen LogP contribution in [0.1, 0.15) is 63.3 Å². The summed E-state index contributed by atoms with van der Waals surface area (Å²) in [6.07, 6.45) is 0.780. The van der Waals surface area contributed by atoms with Gasteiger partial charge in [-0.3, -0.25) is 9.59 Å². The number of alkyl carbamates (subject to hydrolysis) is 2. The number of H-pyrrole nitrogens is 2. The number of para-hydroxylation sites is 1. The van der Waals surface area contributed by atoms with Gasteiger partial charge in [-0.15, -0.1) is 0 Å². The average molecular weight is 767 g/mol. The summed E-state index contributed by atoms with van der Waals surface area (Å²) in [5, 5.41) is 27.5. The van der Waals surface area contributed by atoms with Gasteiger partial charge in [-0.2, -0.15) is 0 Å². The molecule has 294 valence electrons. The van der Waals surface area contributed by atoms with Gasteiger partial charge in [0, 0.05) is 24.2 Å². The number of aliphatic hydroxyl groups excluding tert-OH is 2. The topological polar surface area (TPSA) is 215 Å². The Bertz CT molecular complexity index is 2270. The van der Waals surface area contributed by atoms with E-state index in [4.69, 9.17) is 4.98 Å². The summed E-state index contributed by atoms with van der Waals surface area (Å²) in [5.41, 5.74) is 5.20. The number of aromatic amines is 2. The first-order valence-electron chi connectivity index (χ1n) is 18.7. The minimum absolute atomic E-state index is 0.341. The van der Waals surface area contributed by atoms with Crippen LogP contribution in [0.5, 0.6) is 0 Å². The monoisotopic (exact) mass is 766 g/mol. The van der Waals surface area contributed by atoms with Crippen LogP contribution in [0, 0.1) is 0 Å². The van der Waals surface area contributed by atoms with Crippen LogP contribution in [-0.4, -0.2) is 116 Å². The fourth-order valence-corrected chi connectivity index (χ4v) is 7.81. The van der Waals surface area contributed by atoms with Crippen molar-refractivity contribution in [1.82, 2.24) is 40.4 Å². The lowest BCUT2D eigenvalue weighted by molar-refractivity contribution is -0.137. The number of carbonyl (C=O) groups is 4. The molecule has 6 N–H and O–H groups in total. The number of likely N-dealkylation sites (tertiary alicyclic amines) is 2. The lowest BCUT2D eigenvalue weighted by atomic mass is 9.98. The van der Waals surface area contributed by atoms with Crippen LogP contribution in [0.4, 0.5) is 9.59 Å². The van der Waals surface area contributed by atoms with Gasteiger partial charge in [0.15, 0.2) is 0 Å². The summed E-state index contributed by atoms with van der Waals surface area (Å²) >= 11 is 0. The van der Waals surface area contributed by atoms with E-state index >= 15 is 0 Å². The van der Waals surface area contributed by atoms with Gasteiger partial charge in [-0.1, -0.05) is 36.4 Å². The highest BCUT2D eigenvalue weighted by Crippen LogP contribution is 2.37. The fraction of sp³-hybridized carbons (Fsp3) is 0.400. The molecule has 2 aliphatic rings. The summed E-state index contributed by atoms with van der Waals surface area (Å²) in [7, 11) is 2.41. The highest BCUT2D eigenvalue weighted by Gasteiger charge is 2.39. The molecule has 1 unspecified atom stereocenters. The molecule has 2 aliphatic heterocycles. The SMILES string of the molecule is COC(=O)N[C@H](C(=O)N1CCCC1c1nc2c(-c3ccc4cc(-c5cnc([C@@H]6CCCN6C(=O)[C@@H](NC(=O)OC)[C@@H](C)O)[nH]5)ccc4c3)cccc2[nH]1)[C@@H](C)O. The molecule has 2 aromatic heterocycles. The lowest BCUT2D eigenvalue weighted by Crippen LogP contribution is -2.53. The maximum absolute atomic E-state index is 13.6. The molecular weight excluding hydrogens is 720 g/mol. The van der Waals surface area contributed by atoms with Gasteiger partial charge in [0.25, 0.3) is 0 Å². The molecule has 0 radical (unpaired) electrons. The molecule has 0 spiro atoms. The molecule has 3 aromatic carbocycles. The Kier molecular flexibility index (Phi) is 10.9. The number of nitrogens with zero attached hydrogens (tertiary/aromatic N) is 4. The molecule has 6 atom stereocenters. The number of methoxy groups -OCH3 is 2. The number of fused-ring (bicyclic) bond motifs is 2. The van der Waals surface area contributed by atoms with E-state index in [1.807, 2.05) is 36.4 Å². The van der Waals surface area contributed by atoms with E-state index in [1.54, 1.807) is 16.0 Å². The predicted octanol–water partition coefficient (Wildman–Crippen LogP) is 4.31. The van der Waals surface area contributed by atoms with Gasteiger partial charge in [0.2, 0.25) is 11.8 Å². The Hall–Kier alpha value is -6.00. The summed E-state index contributed by atoms with van der Waals surface area (Å²) in [6, 6.07) is 15.3. The van der Waals surface area contributed by atoms with Gasteiger partial charge >= 0.3 is 12.2 Å². The van der Waals surface area contributed by atoms with Crippen LogP contribution in [0.3, 0.4) is 0 Å². The third-order valence-corrected chi connectivity index (χ3v) is 10.7. The van der Waals surface area contributed by atoms with Gasteiger partial charge in [0.1, 0.15) is 23.7 Å². The van der Waals surface area contributed by atoms with Crippen molar-refractivity contribution in [1.29, 1.82) is 0 Å². The number of hydrogen-bond donors (Lipinski definition) is 6. The Balaban J connectivity index is 1.11.